The molecule has 0 aliphatic heterocycles. The van der Waals surface area contributed by atoms with Crippen LogP contribution in [0.2, 0.25) is 0 Å². The molecule has 0 saturated carbocycles. The van der Waals surface area contributed by atoms with Crippen LogP contribution < -0.4 is 5.32 Å². The van der Waals surface area contributed by atoms with Crippen LogP contribution in [0.25, 0.3) is 11.4 Å². The van der Waals surface area contributed by atoms with E-state index in [0.29, 0.717) is 10.3 Å². The Morgan fingerprint density at radius 1 is 1.35 bits per heavy atom. The smallest absolute Gasteiger partial charge is 0.236 e. The number of hydrogen-bond acceptors (Lipinski definition) is 8. The summed E-state index contributed by atoms with van der Waals surface area (Å²) < 4.78 is 7.38. The third kappa shape index (κ3) is 3.96. The molecule has 0 fully saturated rings. The topological polar surface area (TPSA) is 98.7 Å². The lowest BCUT2D eigenvalue weighted by Gasteiger charge is -2.13. The van der Waals surface area contributed by atoms with Gasteiger partial charge in [-0.2, -0.15) is 0 Å². The van der Waals surface area contributed by atoms with Crippen molar-refractivity contribution in [2.75, 3.05) is 11.1 Å². The largest absolute Gasteiger partial charge is 0.469 e. The van der Waals surface area contributed by atoms with Crippen molar-refractivity contribution in [3.8, 4) is 11.4 Å². The summed E-state index contributed by atoms with van der Waals surface area (Å²) in [4.78, 5) is 12.2. The maximum atomic E-state index is 12.2. The zero-order valence-corrected chi connectivity index (χ0v) is 16.6. The fourth-order valence-corrected chi connectivity index (χ4v) is 3.94. The van der Waals surface area contributed by atoms with E-state index in [-0.39, 0.29) is 17.7 Å². The molecular formula is C16H20N6O2S2. The molecule has 1 amide bonds. The first-order chi connectivity index (χ1) is 12.5. The van der Waals surface area contributed by atoms with Gasteiger partial charge in [-0.15, -0.1) is 20.4 Å². The Kier molecular flexibility index (Phi) is 5.72. The number of rotatable bonds is 7. The molecular weight excluding hydrogens is 372 g/mol. The van der Waals surface area contributed by atoms with E-state index in [9.17, 15) is 4.79 Å². The molecule has 3 aromatic heterocycles. The molecule has 0 bridgehead atoms. The van der Waals surface area contributed by atoms with Crippen molar-refractivity contribution >= 4 is 34.1 Å². The van der Waals surface area contributed by atoms with E-state index in [2.05, 4.69) is 39.6 Å². The van der Waals surface area contributed by atoms with E-state index in [1.165, 1.54) is 23.1 Å². The Hall–Kier alpha value is -2.20. The molecule has 3 rings (SSSR count). The fourth-order valence-electron chi connectivity index (χ4n) is 2.37. The van der Waals surface area contributed by atoms with Crippen LogP contribution >= 0.6 is 23.1 Å². The van der Waals surface area contributed by atoms with E-state index in [1.54, 1.807) is 6.26 Å². The highest BCUT2D eigenvalue weighted by atomic mass is 32.2. The number of thioether (sulfide) groups is 1. The van der Waals surface area contributed by atoms with Gasteiger partial charge in [0.1, 0.15) is 10.8 Å². The summed E-state index contributed by atoms with van der Waals surface area (Å²) >= 11 is 2.73. The molecule has 26 heavy (non-hydrogen) atoms. The number of nitrogens with zero attached hydrogens (tertiary/aromatic N) is 5. The monoisotopic (exact) mass is 392 g/mol. The van der Waals surface area contributed by atoms with Gasteiger partial charge >= 0.3 is 0 Å². The van der Waals surface area contributed by atoms with Crippen LogP contribution in [0, 0.1) is 6.92 Å². The average Bonchev–Trinajstić information content (AvgIpc) is 3.31. The molecule has 0 aliphatic rings. The summed E-state index contributed by atoms with van der Waals surface area (Å²) in [6.45, 7) is 8.00. The first-order valence-electron chi connectivity index (χ1n) is 8.24. The molecule has 0 radical (unpaired) electrons. The van der Waals surface area contributed by atoms with Crippen LogP contribution in [0.15, 0.2) is 21.9 Å². The summed E-state index contributed by atoms with van der Waals surface area (Å²) in [5.74, 6) is 1.60. The minimum absolute atomic E-state index is 0.145. The molecule has 3 heterocycles. The van der Waals surface area contributed by atoms with Crippen LogP contribution in [0.5, 0.6) is 0 Å². The Balaban J connectivity index is 1.70. The highest BCUT2D eigenvalue weighted by Crippen LogP contribution is 2.30. The van der Waals surface area contributed by atoms with Crippen molar-refractivity contribution in [3.05, 3.63) is 23.1 Å². The zero-order valence-electron chi connectivity index (χ0n) is 15.0. The summed E-state index contributed by atoms with van der Waals surface area (Å²) in [5.41, 5.74) is 0.906. The highest BCUT2D eigenvalue weighted by molar-refractivity contribution is 7.99. The Morgan fingerprint density at radius 3 is 2.77 bits per heavy atom. The maximum Gasteiger partial charge on any atom is 0.236 e. The van der Waals surface area contributed by atoms with E-state index in [1.807, 2.05) is 24.5 Å². The minimum Gasteiger partial charge on any atom is -0.469 e. The van der Waals surface area contributed by atoms with E-state index >= 15 is 0 Å². The number of hydrogen-bond donors (Lipinski definition) is 1. The number of carbonyl (C=O) groups excluding carboxylic acids is 1. The average molecular weight is 393 g/mol. The van der Waals surface area contributed by atoms with Gasteiger partial charge in [-0.1, -0.05) is 30.0 Å². The normalized spacial score (nSPS) is 11.3. The Bertz CT molecular complexity index is 898. The Morgan fingerprint density at radius 2 is 2.15 bits per heavy atom. The van der Waals surface area contributed by atoms with Crippen molar-refractivity contribution in [1.82, 2.24) is 25.0 Å². The molecule has 138 valence electrons. The lowest BCUT2D eigenvalue weighted by molar-refractivity contribution is -0.113. The number of carbonyl (C=O) groups is 1. The summed E-state index contributed by atoms with van der Waals surface area (Å²) in [5, 5.41) is 21.4. The van der Waals surface area contributed by atoms with Gasteiger partial charge in [-0.25, -0.2) is 0 Å². The number of furan rings is 1. The molecule has 8 nitrogen and oxygen atoms in total. The van der Waals surface area contributed by atoms with E-state index < -0.39 is 0 Å². The predicted octanol–water partition coefficient (Wildman–Crippen LogP) is 3.57. The van der Waals surface area contributed by atoms with Crippen LogP contribution in [-0.4, -0.2) is 36.6 Å². The SMILES string of the molecule is CCc1nnc(NC(=O)CSc2nnc(-c3ccoc3C)n2C(C)C)s1. The van der Waals surface area contributed by atoms with Gasteiger partial charge < -0.3 is 4.42 Å². The molecule has 0 unspecified atom stereocenters. The second-order valence-electron chi connectivity index (χ2n) is 5.85. The van der Waals surface area contributed by atoms with Crippen LogP contribution in [-0.2, 0) is 11.2 Å². The van der Waals surface area contributed by atoms with E-state index in [0.717, 1.165) is 28.6 Å². The molecule has 3 aromatic rings. The Labute approximate surface area is 159 Å². The van der Waals surface area contributed by atoms with Crippen molar-refractivity contribution in [1.29, 1.82) is 0 Å². The molecule has 0 saturated heterocycles. The lowest BCUT2D eigenvalue weighted by Crippen LogP contribution is -2.15. The van der Waals surface area contributed by atoms with Gasteiger partial charge in [-0.3, -0.25) is 14.7 Å². The minimum atomic E-state index is -0.145. The van der Waals surface area contributed by atoms with Crippen molar-refractivity contribution in [2.45, 2.75) is 45.3 Å². The van der Waals surface area contributed by atoms with Gasteiger partial charge in [0.15, 0.2) is 11.0 Å². The maximum absolute atomic E-state index is 12.2. The van der Waals surface area contributed by atoms with E-state index in [4.69, 9.17) is 4.42 Å². The third-order valence-electron chi connectivity index (χ3n) is 3.63. The van der Waals surface area contributed by atoms with Crippen LogP contribution in [0.3, 0.4) is 0 Å². The van der Waals surface area contributed by atoms with Gasteiger partial charge in [0.2, 0.25) is 11.0 Å². The number of amides is 1. The summed E-state index contributed by atoms with van der Waals surface area (Å²) in [6, 6.07) is 2.02. The molecule has 0 spiro atoms. The predicted molar refractivity (Wildman–Crippen MR) is 101 cm³/mol. The molecule has 10 heteroatoms. The summed E-state index contributed by atoms with van der Waals surface area (Å²) in [6.07, 6.45) is 2.44. The lowest BCUT2D eigenvalue weighted by atomic mass is 10.2. The fraction of sp³-hybridized carbons (Fsp3) is 0.438. The number of anilines is 1. The van der Waals surface area contributed by atoms with Gasteiger partial charge in [0.25, 0.3) is 0 Å². The van der Waals surface area contributed by atoms with Gasteiger partial charge in [0.05, 0.1) is 17.6 Å². The molecule has 1 N–H and O–H groups in total. The van der Waals surface area contributed by atoms with Gasteiger partial charge in [-0.05, 0) is 33.3 Å². The highest BCUT2D eigenvalue weighted by Gasteiger charge is 2.20. The van der Waals surface area contributed by atoms with Crippen LogP contribution in [0.1, 0.15) is 37.6 Å². The quantitative estimate of drug-likeness (QED) is 0.614. The second kappa shape index (κ2) is 8.00. The van der Waals surface area contributed by atoms with Crippen LogP contribution in [0.4, 0.5) is 5.13 Å². The van der Waals surface area contributed by atoms with Crippen molar-refractivity contribution < 1.29 is 9.21 Å². The number of aryl methyl sites for hydroxylation is 2. The first-order valence-corrected chi connectivity index (χ1v) is 10.0. The van der Waals surface area contributed by atoms with Crippen molar-refractivity contribution in [3.63, 3.8) is 0 Å². The molecule has 0 atom stereocenters. The molecule has 0 aromatic carbocycles. The zero-order chi connectivity index (χ0) is 18.7. The summed E-state index contributed by atoms with van der Waals surface area (Å²) in [7, 11) is 0. The molecule has 0 aliphatic carbocycles. The van der Waals surface area contributed by atoms with Gasteiger partial charge in [0, 0.05) is 6.04 Å². The first kappa shape index (κ1) is 18.6. The second-order valence-corrected chi connectivity index (χ2v) is 7.86. The number of nitrogens with one attached hydrogen (secondary N) is 1. The number of aromatic nitrogens is 5. The van der Waals surface area contributed by atoms with Crippen molar-refractivity contribution in [2.24, 2.45) is 0 Å². The third-order valence-corrected chi connectivity index (χ3v) is 5.55. The standard InChI is InChI=1S/C16H20N6O2S2/c1-5-13-18-20-15(26-13)17-12(23)8-25-16-21-19-14(22(16)9(2)3)11-6-7-24-10(11)4/h6-7,9H,5,8H2,1-4H3,(H,17,20,23).